The van der Waals surface area contributed by atoms with Crippen LogP contribution in [0.3, 0.4) is 0 Å². The average molecular weight is 192 g/mol. The van der Waals surface area contributed by atoms with Crippen LogP contribution in [0.15, 0.2) is 0 Å². The van der Waals surface area contributed by atoms with Gasteiger partial charge in [0.05, 0.1) is 5.25 Å². The highest BCUT2D eigenvalue weighted by atomic mass is 32.2. The Kier molecular flexibility index (Phi) is 3.49. The second-order valence-electron chi connectivity index (χ2n) is 3.13. The average Bonchev–Trinajstić information content (AvgIpc) is 2.80. The van der Waals surface area contributed by atoms with E-state index in [1.165, 1.54) is 0 Å². The normalized spacial score (nSPS) is 18.1. The van der Waals surface area contributed by atoms with Crippen molar-refractivity contribution in [3.05, 3.63) is 0 Å². The number of hydrogen-bond acceptors (Lipinski definition) is 3. The SMILES string of the molecule is NCCCCNS(=O)(=O)C1CC1. The van der Waals surface area contributed by atoms with Gasteiger partial charge in [-0.15, -0.1) is 0 Å². The summed E-state index contributed by atoms with van der Waals surface area (Å²) in [7, 11) is -2.96. The van der Waals surface area contributed by atoms with Crippen LogP contribution in [0.25, 0.3) is 0 Å². The predicted molar refractivity (Wildman–Crippen MR) is 48.2 cm³/mol. The van der Waals surface area contributed by atoms with E-state index in [9.17, 15) is 8.42 Å². The maximum absolute atomic E-state index is 11.2. The fraction of sp³-hybridized carbons (Fsp3) is 1.00. The molecule has 0 heterocycles. The summed E-state index contributed by atoms with van der Waals surface area (Å²) < 4.78 is 25.0. The Balaban J connectivity index is 2.13. The lowest BCUT2D eigenvalue weighted by atomic mass is 10.3. The first-order chi connectivity index (χ1) is 5.67. The second kappa shape index (κ2) is 4.20. The quantitative estimate of drug-likeness (QED) is 0.573. The predicted octanol–water partition coefficient (Wildman–Crippen LogP) is -0.193. The molecule has 1 aliphatic rings. The van der Waals surface area contributed by atoms with Gasteiger partial charge in [-0.1, -0.05) is 0 Å². The summed E-state index contributed by atoms with van der Waals surface area (Å²) in [5.74, 6) is 0. The van der Waals surface area contributed by atoms with E-state index in [0.717, 1.165) is 25.7 Å². The third-order valence-electron chi connectivity index (χ3n) is 1.90. The van der Waals surface area contributed by atoms with Gasteiger partial charge in [-0.05, 0) is 32.2 Å². The topological polar surface area (TPSA) is 72.2 Å². The van der Waals surface area contributed by atoms with Gasteiger partial charge in [-0.2, -0.15) is 0 Å². The van der Waals surface area contributed by atoms with Gasteiger partial charge >= 0.3 is 0 Å². The lowest BCUT2D eigenvalue weighted by Crippen LogP contribution is -2.28. The molecule has 0 saturated heterocycles. The van der Waals surface area contributed by atoms with Crippen molar-refractivity contribution in [3.63, 3.8) is 0 Å². The van der Waals surface area contributed by atoms with Crippen molar-refractivity contribution in [1.82, 2.24) is 4.72 Å². The molecule has 0 aromatic carbocycles. The lowest BCUT2D eigenvalue weighted by Gasteiger charge is -2.03. The van der Waals surface area contributed by atoms with Crippen LogP contribution in [-0.4, -0.2) is 26.8 Å². The molecule has 0 aliphatic heterocycles. The van der Waals surface area contributed by atoms with Gasteiger partial charge < -0.3 is 5.73 Å². The third kappa shape index (κ3) is 3.08. The molecule has 3 N–H and O–H groups in total. The molecule has 1 aliphatic carbocycles. The highest BCUT2D eigenvalue weighted by Crippen LogP contribution is 2.27. The number of sulfonamides is 1. The van der Waals surface area contributed by atoms with Crippen LogP contribution in [-0.2, 0) is 10.0 Å². The van der Waals surface area contributed by atoms with Crippen molar-refractivity contribution >= 4 is 10.0 Å². The van der Waals surface area contributed by atoms with E-state index in [0.29, 0.717) is 13.1 Å². The van der Waals surface area contributed by atoms with Crippen molar-refractivity contribution in [2.75, 3.05) is 13.1 Å². The van der Waals surface area contributed by atoms with Crippen molar-refractivity contribution in [3.8, 4) is 0 Å². The smallest absolute Gasteiger partial charge is 0.214 e. The Morgan fingerprint density at radius 3 is 2.50 bits per heavy atom. The first-order valence-corrected chi connectivity index (χ1v) is 5.90. The Hall–Kier alpha value is -0.130. The van der Waals surface area contributed by atoms with Crippen molar-refractivity contribution in [2.45, 2.75) is 30.9 Å². The first-order valence-electron chi connectivity index (χ1n) is 4.35. The van der Waals surface area contributed by atoms with Crippen LogP contribution in [0.1, 0.15) is 25.7 Å². The van der Waals surface area contributed by atoms with E-state index in [1.54, 1.807) is 0 Å². The fourth-order valence-corrected chi connectivity index (χ4v) is 2.40. The molecule has 4 nitrogen and oxygen atoms in total. The fourth-order valence-electron chi connectivity index (χ4n) is 0.980. The molecule has 0 aromatic heterocycles. The molecule has 0 bridgehead atoms. The van der Waals surface area contributed by atoms with Crippen molar-refractivity contribution in [1.29, 1.82) is 0 Å². The van der Waals surface area contributed by atoms with E-state index in [-0.39, 0.29) is 5.25 Å². The Morgan fingerprint density at radius 2 is 2.00 bits per heavy atom. The van der Waals surface area contributed by atoms with Gasteiger partial charge in [0.25, 0.3) is 0 Å². The number of nitrogens with one attached hydrogen (secondary N) is 1. The first kappa shape index (κ1) is 9.95. The summed E-state index contributed by atoms with van der Waals surface area (Å²) in [6, 6.07) is 0. The second-order valence-corrected chi connectivity index (χ2v) is 5.18. The molecule has 1 rings (SSSR count). The van der Waals surface area contributed by atoms with Gasteiger partial charge in [0.1, 0.15) is 0 Å². The summed E-state index contributed by atoms with van der Waals surface area (Å²) in [6.45, 7) is 1.17. The van der Waals surface area contributed by atoms with Crippen LogP contribution in [0.5, 0.6) is 0 Å². The van der Waals surface area contributed by atoms with Crippen molar-refractivity contribution in [2.24, 2.45) is 5.73 Å². The van der Waals surface area contributed by atoms with Gasteiger partial charge in [-0.3, -0.25) is 0 Å². The van der Waals surface area contributed by atoms with Gasteiger partial charge in [0.2, 0.25) is 10.0 Å². The molecule has 0 radical (unpaired) electrons. The van der Waals surface area contributed by atoms with Crippen LogP contribution < -0.4 is 10.5 Å². The Bertz CT molecular complexity index is 222. The largest absolute Gasteiger partial charge is 0.330 e. The molecule has 0 aromatic rings. The third-order valence-corrected chi connectivity index (χ3v) is 3.85. The molecule has 0 unspecified atom stereocenters. The molecule has 1 saturated carbocycles. The van der Waals surface area contributed by atoms with Crippen LogP contribution in [0, 0.1) is 0 Å². The zero-order valence-electron chi connectivity index (χ0n) is 7.12. The van der Waals surface area contributed by atoms with Crippen LogP contribution in [0.2, 0.25) is 0 Å². The molecule has 0 atom stereocenters. The maximum Gasteiger partial charge on any atom is 0.214 e. The zero-order valence-corrected chi connectivity index (χ0v) is 7.94. The molecular weight excluding hydrogens is 176 g/mol. The number of hydrogen-bond donors (Lipinski definition) is 2. The highest BCUT2D eigenvalue weighted by Gasteiger charge is 2.34. The number of rotatable bonds is 6. The highest BCUT2D eigenvalue weighted by molar-refractivity contribution is 7.90. The summed E-state index contributed by atoms with van der Waals surface area (Å²) >= 11 is 0. The van der Waals surface area contributed by atoms with Crippen LogP contribution >= 0.6 is 0 Å². The summed E-state index contributed by atoms with van der Waals surface area (Å²) in [6.07, 6.45) is 3.37. The Morgan fingerprint density at radius 1 is 1.33 bits per heavy atom. The summed E-state index contributed by atoms with van der Waals surface area (Å²) in [5.41, 5.74) is 5.27. The number of nitrogens with two attached hydrogens (primary N) is 1. The van der Waals surface area contributed by atoms with Gasteiger partial charge in [0.15, 0.2) is 0 Å². The minimum atomic E-state index is -2.96. The minimum Gasteiger partial charge on any atom is -0.330 e. The van der Waals surface area contributed by atoms with Crippen molar-refractivity contribution < 1.29 is 8.42 Å². The van der Waals surface area contributed by atoms with Gasteiger partial charge in [0, 0.05) is 6.54 Å². The molecule has 1 fully saturated rings. The molecule has 12 heavy (non-hydrogen) atoms. The van der Waals surface area contributed by atoms with E-state index in [2.05, 4.69) is 4.72 Å². The van der Waals surface area contributed by atoms with E-state index in [4.69, 9.17) is 5.73 Å². The standard InChI is InChI=1S/C7H16N2O2S/c8-5-1-2-6-9-12(10,11)7-3-4-7/h7,9H,1-6,8H2. The minimum absolute atomic E-state index is 0.102. The lowest BCUT2D eigenvalue weighted by molar-refractivity contribution is 0.576. The van der Waals surface area contributed by atoms with E-state index in [1.807, 2.05) is 0 Å². The number of unbranched alkanes of at least 4 members (excludes halogenated alkanes) is 1. The van der Waals surface area contributed by atoms with E-state index < -0.39 is 10.0 Å². The van der Waals surface area contributed by atoms with Gasteiger partial charge in [-0.25, -0.2) is 13.1 Å². The molecule has 0 amide bonds. The van der Waals surface area contributed by atoms with E-state index >= 15 is 0 Å². The van der Waals surface area contributed by atoms with Crippen LogP contribution in [0.4, 0.5) is 0 Å². The maximum atomic E-state index is 11.2. The Labute approximate surface area is 73.6 Å². The summed E-state index contributed by atoms with van der Waals surface area (Å²) in [5, 5.41) is -0.102. The molecule has 72 valence electrons. The zero-order chi connectivity index (χ0) is 9.03. The molecule has 0 spiro atoms. The summed E-state index contributed by atoms with van der Waals surface area (Å²) in [4.78, 5) is 0. The monoisotopic (exact) mass is 192 g/mol. The molecule has 5 heteroatoms. The molecular formula is C7H16N2O2S.